The molecule has 0 bridgehead atoms. The van der Waals surface area contributed by atoms with Crippen molar-refractivity contribution < 1.29 is 14.3 Å². The zero-order valence-corrected chi connectivity index (χ0v) is 18.8. The van der Waals surface area contributed by atoms with Gasteiger partial charge in [0.05, 0.1) is 19.1 Å². The highest BCUT2D eigenvalue weighted by Crippen LogP contribution is 2.40. The predicted octanol–water partition coefficient (Wildman–Crippen LogP) is 3.12. The van der Waals surface area contributed by atoms with Crippen molar-refractivity contribution >= 4 is 17.5 Å². The van der Waals surface area contributed by atoms with Crippen LogP contribution in [0.5, 0.6) is 0 Å². The molecule has 33 heavy (non-hydrogen) atoms. The van der Waals surface area contributed by atoms with Crippen molar-refractivity contribution in [3.63, 3.8) is 0 Å². The first-order valence-electron chi connectivity index (χ1n) is 11.3. The first-order valence-corrected chi connectivity index (χ1v) is 11.3. The number of morpholine rings is 1. The van der Waals surface area contributed by atoms with Crippen LogP contribution in [0, 0.1) is 0 Å². The number of carbonyl (C=O) groups is 2. The molecule has 1 saturated heterocycles. The average Bonchev–Trinajstić information content (AvgIpc) is 3.49. The summed E-state index contributed by atoms with van der Waals surface area (Å²) in [7, 11) is 0. The Bertz CT molecular complexity index is 1170. The van der Waals surface area contributed by atoms with Crippen molar-refractivity contribution in [2.75, 3.05) is 37.7 Å². The largest absolute Gasteiger partial charge is 0.378 e. The minimum atomic E-state index is -0.204. The fraction of sp³-hybridized carbons (Fsp3) is 0.360. The second kappa shape index (κ2) is 8.78. The number of hydrogen-bond acceptors (Lipinski definition) is 5. The van der Waals surface area contributed by atoms with Crippen LogP contribution < -0.4 is 4.90 Å². The van der Waals surface area contributed by atoms with E-state index in [9.17, 15) is 9.59 Å². The van der Waals surface area contributed by atoms with Crippen LogP contribution in [0.25, 0.3) is 0 Å². The van der Waals surface area contributed by atoms with Crippen molar-refractivity contribution in [2.45, 2.75) is 25.8 Å². The fourth-order valence-electron chi connectivity index (χ4n) is 4.39. The molecule has 0 unspecified atom stereocenters. The number of anilines is 1. The molecule has 0 N–H and O–H groups in total. The second-order valence-electron chi connectivity index (χ2n) is 8.69. The van der Waals surface area contributed by atoms with Gasteiger partial charge in [0.15, 0.2) is 5.82 Å². The van der Waals surface area contributed by atoms with Crippen molar-refractivity contribution in [3.8, 4) is 0 Å². The highest BCUT2D eigenvalue weighted by Gasteiger charge is 2.37. The minimum absolute atomic E-state index is 0.0200. The lowest BCUT2D eigenvalue weighted by Crippen LogP contribution is -2.40. The molecule has 0 spiro atoms. The number of benzene rings is 2. The van der Waals surface area contributed by atoms with Crippen LogP contribution in [-0.2, 0) is 4.74 Å². The van der Waals surface area contributed by atoms with Crippen LogP contribution >= 0.6 is 0 Å². The molecule has 0 radical (unpaired) electrons. The maximum Gasteiger partial charge on any atom is 0.258 e. The molecule has 2 amide bonds. The van der Waals surface area contributed by atoms with E-state index in [0.717, 1.165) is 11.3 Å². The summed E-state index contributed by atoms with van der Waals surface area (Å²) < 4.78 is 7.20. The highest BCUT2D eigenvalue weighted by atomic mass is 16.5. The Kier molecular flexibility index (Phi) is 5.68. The second-order valence-corrected chi connectivity index (χ2v) is 8.69. The number of carbonyl (C=O) groups excluding carboxylic acids is 2. The molecule has 0 aliphatic carbocycles. The van der Waals surface area contributed by atoms with Gasteiger partial charge in [-0.3, -0.25) is 14.3 Å². The van der Waals surface area contributed by atoms with Crippen LogP contribution in [0.3, 0.4) is 0 Å². The standard InChI is InChI=1S/C25H27N5O3/c1-17(2)30-16-26-23(27-30)21-15-29(25(32)18-6-4-3-5-7-18)22-9-8-19(14-20(21)22)24(31)28-10-12-33-13-11-28/h3-9,14,16-17,21H,10-13,15H2,1-2H3/t21-/m0/s1. The molecule has 8 nitrogen and oxygen atoms in total. The summed E-state index contributed by atoms with van der Waals surface area (Å²) in [5.41, 5.74) is 2.93. The lowest BCUT2D eigenvalue weighted by molar-refractivity contribution is 0.0303. The van der Waals surface area contributed by atoms with Gasteiger partial charge in [-0.05, 0) is 49.7 Å². The zero-order chi connectivity index (χ0) is 22.9. The Morgan fingerprint density at radius 3 is 2.45 bits per heavy atom. The van der Waals surface area contributed by atoms with Gasteiger partial charge in [-0.1, -0.05) is 18.2 Å². The summed E-state index contributed by atoms with van der Waals surface area (Å²) in [4.78, 5) is 34.6. The number of amides is 2. The van der Waals surface area contributed by atoms with Crippen molar-refractivity contribution in [1.82, 2.24) is 19.7 Å². The van der Waals surface area contributed by atoms with Gasteiger partial charge in [-0.2, -0.15) is 5.10 Å². The molecule has 2 aromatic carbocycles. The summed E-state index contributed by atoms with van der Waals surface area (Å²) in [6.07, 6.45) is 1.73. The van der Waals surface area contributed by atoms with E-state index in [0.29, 0.717) is 49.8 Å². The monoisotopic (exact) mass is 445 g/mol. The van der Waals surface area contributed by atoms with E-state index in [1.807, 2.05) is 72.0 Å². The van der Waals surface area contributed by atoms with Gasteiger partial charge < -0.3 is 14.5 Å². The zero-order valence-electron chi connectivity index (χ0n) is 18.8. The van der Waals surface area contributed by atoms with E-state index >= 15 is 0 Å². The minimum Gasteiger partial charge on any atom is -0.378 e. The van der Waals surface area contributed by atoms with Gasteiger partial charge in [-0.15, -0.1) is 0 Å². The molecule has 170 valence electrons. The lowest BCUT2D eigenvalue weighted by Gasteiger charge is -2.27. The van der Waals surface area contributed by atoms with Gasteiger partial charge in [0.1, 0.15) is 6.33 Å². The van der Waals surface area contributed by atoms with E-state index in [-0.39, 0.29) is 23.8 Å². The number of ether oxygens (including phenoxy) is 1. The van der Waals surface area contributed by atoms with Crippen LogP contribution in [-0.4, -0.2) is 64.3 Å². The van der Waals surface area contributed by atoms with E-state index in [1.54, 1.807) is 11.2 Å². The number of rotatable bonds is 4. The highest BCUT2D eigenvalue weighted by molar-refractivity contribution is 6.08. The number of fused-ring (bicyclic) bond motifs is 1. The Labute approximate surface area is 192 Å². The van der Waals surface area contributed by atoms with Crippen LogP contribution in [0.15, 0.2) is 54.9 Å². The van der Waals surface area contributed by atoms with Crippen molar-refractivity contribution in [1.29, 1.82) is 0 Å². The maximum absolute atomic E-state index is 13.4. The number of hydrogen-bond donors (Lipinski definition) is 0. The molecule has 3 heterocycles. The molecule has 2 aliphatic heterocycles. The topological polar surface area (TPSA) is 80.6 Å². The number of aromatic nitrogens is 3. The van der Waals surface area contributed by atoms with Gasteiger partial charge in [-0.25, -0.2) is 4.98 Å². The normalized spacial score (nSPS) is 18.0. The van der Waals surface area contributed by atoms with Gasteiger partial charge >= 0.3 is 0 Å². The summed E-state index contributed by atoms with van der Waals surface area (Å²) in [6.45, 7) is 6.79. The average molecular weight is 446 g/mol. The summed E-state index contributed by atoms with van der Waals surface area (Å²) in [6, 6.07) is 15.0. The van der Waals surface area contributed by atoms with E-state index in [1.165, 1.54) is 0 Å². The quantitative estimate of drug-likeness (QED) is 0.616. The molecule has 8 heteroatoms. The van der Waals surface area contributed by atoms with E-state index in [2.05, 4.69) is 10.1 Å². The van der Waals surface area contributed by atoms with Gasteiger partial charge in [0.25, 0.3) is 11.8 Å². The molecule has 1 aromatic heterocycles. The van der Waals surface area contributed by atoms with Crippen LogP contribution in [0.1, 0.15) is 57.9 Å². The SMILES string of the molecule is CC(C)n1cnc([C@H]2CN(C(=O)c3ccccc3)c3ccc(C(=O)N4CCOCC4)cc32)n1. The Balaban J connectivity index is 1.53. The fourth-order valence-corrected chi connectivity index (χ4v) is 4.39. The summed E-state index contributed by atoms with van der Waals surface area (Å²) in [5.74, 6) is 0.359. The third-order valence-corrected chi connectivity index (χ3v) is 6.24. The van der Waals surface area contributed by atoms with E-state index < -0.39 is 0 Å². The smallest absolute Gasteiger partial charge is 0.258 e. The predicted molar refractivity (Wildman–Crippen MR) is 124 cm³/mol. The Hall–Kier alpha value is -3.52. The van der Waals surface area contributed by atoms with E-state index in [4.69, 9.17) is 4.74 Å². The van der Waals surface area contributed by atoms with Crippen molar-refractivity contribution in [2.24, 2.45) is 0 Å². The molecular formula is C25H27N5O3. The lowest BCUT2D eigenvalue weighted by atomic mass is 9.98. The third kappa shape index (κ3) is 4.02. The maximum atomic E-state index is 13.4. The summed E-state index contributed by atoms with van der Waals surface area (Å²) in [5, 5.41) is 4.68. The van der Waals surface area contributed by atoms with Crippen LogP contribution in [0.4, 0.5) is 5.69 Å². The molecular weight excluding hydrogens is 418 g/mol. The summed E-state index contributed by atoms with van der Waals surface area (Å²) >= 11 is 0. The molecule has 3 aromatic rings. The van der Waals surface area contributed by atoms with Crippen molar-refractivity contribution in [3.05, 3.63) is 77.4 Å². The Morgan fingerprint density at radius 2 is 1.76 bits per heavy atom. The molecule has 1 atom stereocenters. The van der Waals surface area contributed by atoms with Gasteiger partial charge in [0.2, 0.25) is 0 Å². The molecule has 2 aliphatic rings. The van der Waals surface area contributed by atoms with Gasteiger partial charge in [0, 0.05) is 42.5 Å². The first kappa shape index (κ1) is 21.3. The Morgan fingerprint density at radius 1 is 1.00 bits per heavy atom. The molecule has 1 fully saturated rings. The first-order chi connectivity index (χ1) is 16.0. The molecule has 0 saturated carbocycles. The third-order valence-electron chi connectivity index (χ3n) is 6.24. The number of nitrogens with zero attached hydrogens (tertiary/aromatic N) is 5. The molecule has 5 rings (SSSR count). The van der Waals surface area contributed by atoms with Crippen LogP contribution in [0.2, 0.25) is 0 Å².